The van der Waals surface area contributed by atoms with Crippen LogP contribution in [0.15, 0.2) is 35.0 Å². The summed E-state index contributed by atoms with van der Waals surface area (Å²) < 4.78 is 6.12. The summed E-state index contributed by atoms with van der Waals surface area (Å²) in [7, 11) is 0. The van der Waals surface area contributed by atoms with Gasteiger partial charge in [0, 0.05) is 24.8 Å². The van der Waals surface area contributed by atoms with E-state index in [0.29, 0.717) is 11.8 Å². The second-order valence-electron chi connectivity index (χ2n) is 9.10. The van der Waals surface area contributed by atoms with E-state index in [-0.39, 0.29) is 18.0 Å². The van der Waals surface area contributed by atoms with Crippen molar-refractivity contribution in [1.29, 1.82) is 0 Å². The van der Waals surface area contributed by atoms with Gasteiger partial charge in [0.2, 0.25) is 0 Å². The summed E-state index contributed by atoms with van der Waals surface area (Å²) in [5.41, 5.74) is 2.17. The number of aliphatic imine (C=N–C) groups is 1. The lowest BCUT2D eigenvalue weighted by Crippen LogP contribution is -2.41. The fraction of sp³-hybridized carbons (Fsp3) is 0.630. The molecule has 0 N–H and O–H groups in total. The van der Waals surface area contributed by atoms with E-state index >= 15 is 0 Å². The van der Waals surface area contributed by atoms with Gasteiger partial charge in [0.25, 0.3) is 5.91 Å². The molecule has 1 unspecified atom stereocenters. The van der Waals surface area contributed by atoms with Crippen molar-refractivity contribution in [3.63, 3.8) is 0 Å². The third kappa shape index (κ3) is 6.14. The SMILES string of the molecule is CCCCCC(C)N=C1O/C(=C/c2ccc(N(CC)CC)cc2)C(=O)N1C1CCCCC1. The molecule has 1 saturated carbocycles. The Morgan fingerprint density at radius 1 is 1.09 bits per heavy atom. The molecule has 1 atom stereocenters. The fourth-order valence-electron chi connectivity index (χ4n) is 4.70. The van der Waals surface area contributed by atoms with Gasteiger partial charge in [0.05, 0.1) is 6.04 Å². The smallest absolute Gasteiger partial charge is 0.300 e. The molecule has 176 valence electrons. The number of hydrogen-bond donors (Lipinski definition) is 0. The molecule has 2 aliphatic rings. The Labute approximate surface area is 194 Å². The summed E-state index contributed by atoms with van der Waals surface area (Å²) in [4.78, 5) is 22.4. The number of ether oxygens (including phenoxy) is 1. The molecule has 1 aliphatic carbocycles. The molecule has 1 aliphatic heterocycles. The number of rotatable bonds is 10. The molecule has 1 aromatic carbocycles. The minimum Gasteiger partial charge on any atom is -0.420 e. The van der Waals surface area contributed by atoms with Crippen LogP contribution in [0.3, 0.4) is 0 Å². The molecule has 3 rings (SSSR count). The van der Waals surface area contributed by atoms with Gasteiger partial charge in [-0.2, -0.15) is 0 Å². The molecule has 1 aromatic rings. The predicted molar refractivity (Wildman–Crippen MR) is 134 cm³/mol. The molecule has 0 aromatic heterocycles. The Morgan fingerprint density at radius 3 is 2.41 bits per heavy atom. The molecule has 32 heavy (non-hydrogen) atoms. The van der Waals surface area contributed by atoms with E-state index in [1.807, 2.05) is 11.0 Å². The zero-order valence-corrected chi connectivity index (χ0v) is 20.5. The Bertz CT molecular complexity index is 790. The van der Waals surface area contributed by atoms with Crippen LogP contribution < -0.4 is 4.90 Å². The number of amidine groups is 1. The third-order valence-corrected chi connectivity index (χ3v) is 6.65. The highest BCUT2D eigenvalue weighted by Gasteiger charge is 2.40. The Kier molecular flexibility index (Phi) is 9.19. The number of carbonyl (C=O) groups is 1. The van der Waals surface area contributed by atoms with E-state index < -0.39 is 0 Å². The molecule has 0 radical (unpaired) electrons. The minimum absolute atomic E-state index is 0.0378. The zero-order valence-electron chi connectivity index (χ0n) is 20.5. The van der Waals surface area contributed by atoms with E-state index in [1.54, 1.807) is 0 Å². The van der Waals surface area contributed by atoms with Crippen LogP contribution in [0, 0.1) is 0 Å². The lowest BCUT2D eigenvalue weighted by atomic mass is 9.94. The second-order valence-corrected chi connectivity index (χ2v) is 9.10. The van der Waals surface area contributed by atoms with Crippen molar-refractivity contribution in [2.45, 2.75) is 97.6 Å². The fourth-order valence-corrected chi connectivity index (χ4v) is 4.70. The van der Waals surface area contributed by atoms with E-state index in [9.17, 15) is 4.79 Å². The van der Waals surface area contributed by atoms with Crippen molar-refractivity contribution in [1.82, 2.24) is 4.90 Å². The van der Waals surface area contributed by atoms with Gasteiger partial charge >= 0.3 is 6.02 Å². The van der Waals surface area contributed by atoms with Gasteiger partial charge in [-0.3, -0.25) is 9.69 Å². The van der Waals surface area contributed by atoms with Gasteiger partial charge in [0.15, 0.2) is 5.76 Å². The van der Waals surface area contributed by atoms with Crippen LogP contribution in [0.25, 0.3) is 6.08 Å². The quantitative estimate of drug-likeness (QED) is 0.313. The van der Waals surface area contributed by atoms with Crippen molar-refractivity contribution in [3.05, 3.63) is 35.6 Å². The molecule has 5 nitrogen and oxygen atoms in total. The zero-order chi connectivity index (χ0) is 22.9. The average Bonchev–Trinajstić information content (AvgIpc) is 3.10. The molecule has 0 spiro atoms. The van der Waals surface area contributed by atoms with Gasteiger partial charge in [-0.25, -0.2) is 4.99 Å². The molecular weight excluding hydrogens is 398 g/mol. The lowest BCUT2D eigenvalue weighted by molar-refractivity contribution is -0.124. The van der Waals surface area contributed by atoms with E-state index in [4.69, 9.17) is 9.73 Å². The Balaban J connectivity index is 1.81. The number of carbonyl (C=O) groups excluding carboxylic acids is 1. The lowest BCUT2D eigenvalue weighted by Gasteiger charge is -2.29. The van der Waals surface area contributed by atoms with Crippen LogP contribution in [-0.4, -0.2) is 42.0 Å². The monoisotopic (exact) mass is 439 g/mol. The topological polar surface area (TPSA) is 45.1 Å². The average molecular weight is 440 g/mol. The summed E-state index contributed by atoms with van der Waals surface area (Å²) in [6.07, 6.45) is 12.1. The number of nitrogens with zero attached hydrogens (tertiary/aromatic N) is 3. The number of benzene rings is 1. The van der Waals surface area contributed by atoms with E-state index in [0.717, 1.165) is 44.3 Å². The highest BCUT2D eigenvalue weighted by molar-refractivity contribution is 6.11. The number of hydrogen-bond acceptors (Lipinski definition) is 4. The Hall–Kier alpha value is -2.30. The highest BCUT2D eigenvalue weighted by Crippen LogP contribution is 2.30. The second kappa shape index (κ2) is 12.1. The molecular formula is C27H41N3O2. The maximum Gasteiger partial charge on any atom is 0.300 e. The molecule has 2 fully saturated rings. The van der Waals surface area contributed by atoms with E-state index in [1.165, 1.54) is 37.8 Å². The molecule has 1 amide bonds. The van der Waals surface area contributed by atoms with Crippen molar-refractivity contribution in [2.75, 3.05) is 18.0 Å². The summed E-state index contributed by atoms with van der Waals surface area (Å²) in [6, 6.07) is 9.22. The number of unbranched alkanes of at least 4 members (excludes halogenated alkanes) is 2. The van der Waals surface area contributed by atoms with Gasteiger partial charge in [-0.1, -0.05) is 57.6 Å². The van der Waals surface area contributed by atoms with Crippen molar-refractivity contribution >= 4 is 23.7 Å². The van der Waals surface area contributed by atoms with Crippen LogP contribution in [-0.2, 0) is 9.53 Å². The molecule has 1 heterocycles. The van der Waals surface area contributed by atoms with Crippen LogP contribution >= 0.6 is 0 Å². The standard InChI is InChI=1S/C27H41N3O2/c1-5-8-10-13-21(4)28-27-30(24-14-11-9-12-15-24)26(31)25(32-27)20-22-16-18-23(19-17-22)29(6-2)7-3/h16-21,24H,5-15H2,1-4H3/b25-20+,28-27?. The maximum absolute atomic E-state index is 13.4. The van der Waals surface area contributed by atoms with Gasteiger partial charge in [-0.05, 0) is 63.8 Å². The summed E-state index contributed by atoms with van der Waals surface area (Å²) in [5.74, 6) is 0.356. The summed E-state index contributed by atoms with van der Waals surface area (Å²) >= 11 is 0. The first-order valence-electron chi connectivity index (χ1n) is 12.7. The first kappa shape index (κ1) is 24.3. The third-order valence-electron chi connectivity index (χ3n) is 6.65. The van der Waals surface area contributed by atoms with Crippen molar-refractivity contribution in [2.24, 2.45) is 4.99 Å². The van der Waals surface area contributed by atoms with Crippen LogP contribution in [0.1, 0.15) is 91.0 Å². The summed E-state index contributed by atoms with van der Waals surface area (Å²) in [5, 5.41) is 0. The number of amides is 1. The molecule has 0 bridgehead atoms. The van der Waals surface area contributed by atoms with Gasteiger partial charge < -0.3 is 9.64 Å². The van der Waals surface area contributed by atoms with Gasteiger partial charge in [-0.15, -0.1) is 0 Å². The van der Waals surface area contributed by atoms with Crippen molar-refractivity contribution < 1.29 is 9.53 Å². The number of anilines is 1. The van der Waals surface area contributed by atoms with Crippen LogP contribution in [0.2, 0.25) is 0 Å². The van der Waals surface area contributed by atoms with Crippen LogP contribution in [0.4, 0.5) is 5.69 Å². The minimum atomic E-state index is -0.0378. The predicted octanol–water partition coefficient (Wildman–Crippen LogP) is 6.39. The molecule has 5 heteroatoms. The summed E-state index contributed by atoms with van der Waals surface area (Å²) in [6.45, 7) is 10.6. The first-order chi connectivity index (χ1) is 15.6. The normalized spacial score (nSPS) is 20.8. The molecule has 1 saturated heterocycles. The highest BCUT2D eigenvalue weighted by atomic mass is 16.5. The van der Waals surface area contributed by atoms with Crippen LogP contribution in [0.5, 0.6) is 0 Å². The Morgan fingerprint density at radius 2 is 1.78 bits per heavy atom. The van der Waals surface area contributed by atoms with Crippen molar-refractivity contribution in [3.8, 4) is 0 Å². The van der Waals surface area contributed by atoms with E-state index in [2.05, 4.69) is 56.9 Å². The largest absolute Gasteiger partial charge is 0.420 e. The maximum atomic E-state index is 13.4. The van der Waals surface area contributed by atoms with Gasteiger partial charge in [0.1, 0.15) is 0 Å². The first-order valence-corrected chi connectivity index (χ1v) is 12.7.